The van der Waals surface area contributed by atoms with E-state index >= 15 is 0 Å². The zero-order valence-corrected chi connectivity index (χ0v) is 11.9. The smallest absolute Gasteiger partial charge is 0.310 e. The Bertz CT molecular complexity index is 588. The van der Waals surface area contributed by atoms with E-state index in [1.807, 2.05) is 12.1 Å². The molecule has 0 unspecified atom stereocenters. The van der Waals surface area contributed by atoms with Crippen molar-refractivity contribution in [3.8, 4) is 10.7 Å². The van der Waals surface area contributed by atoms with Gasteiger partial charge in [0.2, 0.25) is 0 Å². The van der Waals surface area contributed by atoms with Crippen LogP contribution in [0.25, 0.3) is 10.7 Å². The Labute approximate surface area is 115 Å². The van der Waals surface area contributed by atoms with E-state index in [0.717, 1.165) is 11.3 Å². The van der Waals surface area contributed by atoms with Gasteiger partial charge in [0, 0.05) is 4.88 Å². The molecule has 0 saturated carbocycles. The summed E-state index contributed by atoms with van der Waals surface area (Å²) in [4.78, 5) is 13.4. The molecular formula is C12H16N4O2S. The molecule has 0 saturated heterocycles. The van der Waals surface area contributed by atoms with Gasteiger partial charge in [-0.2, -0.15) is 0 Å². The first kappa shape index (κ1) is 13.7. The number of hydrogen-bond donors (Lipinski definition) is 1. The van der Waals surface area contributed by atoms with Crippen LogP contribution < -0.4 is 0 Å². The predicted molar refractivity (Wildman–Crippen MR) is 71.9 cm³/mol. The molecule has 19 heavy (non-hydrogen) atoms. The van der Waals surface area contributed by atoms with E-state index in [4.69, 9.17) is 5.11 Å². The van der Waals surface area contributed by atoms with Crippen molar-refractivity contribution in [3.63, 3.8) is 0 Å². The molecule has 0 aliphatic rings. The van der Waals surface area contributed by atoms with Gasteiger partial charge in [-0.25, -0.2) is 4.68 Å². The third-order valence-electron chi connectivity index (χ3n) is 2.89. The Kier molecular flexibility index (Phi) is 3.66. The molecule has 0 aromatic carbocycles. The maximum atomic E-state index is 11.2. The summed E-state index contributed by atoms with van der Waals surface area (Å²) < 4.78 is 1.55. The van der Waals surface area contributed by atoms with Crippen molar-refractivity contribution < 1.29 is 9.90 Å². The van der Waals surface area contributed by atoms with Gasteiger partial charge in [0.05, 0.1) is 16.8 Å². The number of tetrazole rings is 1. The molecule has 7 heteroatoms. The number of carboxylic acids is 1. The number of aromatic nitrogens is 4. The van der Waals surface area contributed by atoms with Crippen LogP contribution in [0.15, 0.2) is 12.1 Å². The first-order valence-electron chi connectivity index (χ1n) is 6.02. The number of nitrogens with zero attached hydrogens (tertiary/aromatic N) is 4. The largest absolute Gasteiger partial charge is 0.481 e. The monoisotopic (exact) mass is 280 g/mol. The Hall–Kier alpha value is -1.76. The van der Waals surface area contributed by atoms with Crippen LogP contribution in [0.3, 0.4) is 0 Å². The molecule has 102 valence electrons. The quantitative estimate of drug-likeness (QED) is 0.906. The maximum Gasteiger partial charge on any atom is 0.310 e. The number of aliphatic carboxylic acids is 1. The van der Waals surface area contributed by atoms with Crippen molar-refractivity contribution in [2.45, 2.75) is 33.7 Å². The highest BCUT2D eigenvalue weighted by Crippen LogP contribution is 2.28. The minimum absolute atomic E-state index is 0.240. The standard InChI is InChI=1S/C12H16N4O2S/c1-4-8-5-6-9(19-8)10-13-14-15-16(10)7-12(2,3)11(17)18/h5-6H,4,7H2,1-3H3,(H,17,18). The molecule has 0 bridgehead atoms. The van der Waals surface area contributed by atoms with Crippen LogP contribution in [0, 0.1) is 5.41 Å². The summed E-state index contributed by atoms with van der Waals surface area (Å²) in [5, 5.41) is 20.7. The molecule has 0 fully saturated rings. The highest BCUT2D eigenvalue weighted by Gasteiger charge is 2.29. The van der Waals surface area contributed by atoms with Crippen LogP contribution in [-0.2, 0) is 17.8 Å². The molecule has 2 aromatic rings. The van der Waals surface area contributed by atoms with Crippen LogP contribution in [0.2, 0.25) is 0 Å². The molecule has 2 rings (SSSR count). The molecule has 0 atom stereocenters. The van der Waals surface area contributed by atoms with Crippen LogP contribution >= 0.6 is 11.3 Å². The summed E-state index contributed by atoms with van der Waals surface area (Å²) in [6.07, 6.45) is 0.965. The van der Waals surface area contributed by atoms with E-state index in [-0.39, 0.29) is 6.54 Å². The molecule has 0 spiro atoms. The second-order valence-electron chi connectivity index (χ2n) is 4.97. The second kappa shape index (κ2) is 5.08. The van der Waals surface area contributed by atoms with E-state index in [0.29, 0.717) is 5.82 Å². The van der Waals surface area contributed by atoms with E-state index in [1.165, 1.54) is 4.88 Å². The van der Waals surface area contributed by atoms with Gasteiger partial charge in [-0.05, 0) is 42.8 Å². The van der Waals surface area contributed by atoms with Gasteiger partial charge < -0.3 is 5.11 Å². The number of carbonyl (C=O) groups is 1. The zero-order chi connectivity index (χ0) is 14.0. The summed E-state index contributed by atoms with van der Waals surface area (Å²) in [5.41, 5.74) is -0.908. The minimum Gasteiger partial charge on any atom is -0.481 e. The fourth-order valence-corrected chi connectivity index (χ4v) is 2.55. The second-order valence-corrected chi connectivity index (χ2v) is 6.14. The average molecular weight is 280 g/mol. The lowest BCUT2D eigenvalue weighted by molar-refractivity contribution is -0.147. The molecule has 0 aliphatic heterocycles. The van der Waals surface area contributed by atoms with E-state index in [1.54, 1.807) is 29.9 Å². The van der Waals surface area contributed by atoms with Crippen LogP contribution in [0.5, 0.6) is 0 Å². The topological polar surface area (TPSA) is 80.9 Å². The van der Waals surface area contributed by atoms with Gasteiger partial charge in [-0.15, -0.1) is 16.4 Å². The Morgan fingerprint density at radius 2 is 2.21 bits per heavy atom. The van der Waals surface area contributed by atoms with Gasteiger partial charge in [0.15, 0.2) is 5.82 Å². The normalized spacial score (nSPS) is 11.7. The highest BCUT2D eigenvalue weighted by molar-refractivity contribution is 7.15. The maximum absolute atomic E-state index is 11.2. The third kappa shape index (κ3) is 2.81. The summed E-state index contributed by atoms with van der Waals surface area (Å²) >= 11 is 1.63. The number of thiophene rings is 1. The predicted octanol–water partition coefficient (Wildman–Crippen LogP) is 2.07. The molecular weight excluding hydrogens is 264 g/mol. The lowest BCUT2D eigenvalue weighted by Gasteiger charge is -2.18. The molecule has 2 heterocycles. The van der Waals surface area contributed by atoms with Crippen molar-refractivity contribution in [2.24, 2.45) is 5.41 Å². The van der Waals surface area contributed by atoms with Gasteiger partial charge in [-0.1, -0.05) is 6.92 Å². The molecule has 0 radical (unpaired) electrons. The van der Waals surface area contributed by atoms with E-state index < -0.39 is 11.4 Å². The summed E-state index contributed by atoms with van der Waals surface area (Å²) in [7, 11) is 0. The fraction of sp³-hybridized carbons (Fsp3) is 0.500. The van der Waals surface area contributed by atoms with Crippen molar-refractivity contribution in [2.75, 3.05) is 0 Å². The average Bonchev–Trinajstić information content (AvgIpc) is 2.95. The van der Waals surface area contributed by atoms with Crippen molar-refractivity contribution in [1.29, 1.82) is 0 Å². The van der Waals surface area contributed by atoms with Gasteiger partial charge in [0.25, 0.3) is 0 Å². The number of carboxylic acid groups (broad SMARTS) is 1. The fourth-order valence-electron chi connectivity index (χ4n) is 1.62. The first-order chi connectivity index (χ1) is 8.94. The molecule has 0 amide bonds. The first-order valence-corrected chi connectivity index (χ1v) is 6.84. The van der Waals surface area contributed by atoms with Gasteiger partial charge in [0.1, 0.15) is 0 Å². The van der Waals surface area contributed by atoms with Gasteiger partial charge in [-0.3, -0.25) is 4.79 Å². The molecule has 2 aromatic heterocycles. The third-order valence-corrected chi connectivity index (χ3v) is 4.11. The van der Waals surface area contributed by atoms with E-state index in [9.17, 15) is 4.79 Å². The Morgan fingerprint density at radius 1 is 1.47 bits per heavy atom. The number of rotatable bonds is 5. The SMILES string of the molecule is CCc1ccc(-c2nnnn2CC(C)(C)C(=O)O)s1. The van der Waals surface area contributed by atoms with Gasteiger partial charge >= 0.3 is 5.97 Å². The van der Waals surface area contributed by atoms with Crippen LogP contribution in [0.1, 0.15) is 25.6 Å². The Balaban J connectivity index is 2.30. The van der Waals surface area contributed by atoms with Crippen molar-refractivity contribution >= 4 is 17.3 Å². The lowest BCUT2D eigenvalue weighted by Crippen LogP contribution is -2.30. The zero-order valence-electron chi connectivity index (χ0n) is 11.1. The minimum atomic E-state index is -0.908. The van der Waals surface area contributed by atoms with Crippen LogP contribution in [-0.4, -0.2) is 31.3 Å². The number of aryl methyl sites for hydroxylation is 1. The summed E-state index contributed by atoms with van der Waals surface area (Å²) in [6.45, 7) is 5.65. The van der Waals surface area contributed by atoms with Crippen LogP contribution in [0.4, 0.5) is 0 Å². The van der Waals surface area contributed by atoms with Crippen molar-refractivity contribution in [1.82, 2.24) is 20.2 Å². The summed E-state index contributed by atoms with van der Waals surface area (Å²) in [6, 6.07) is 4.01. The van der Waals surface area contributed by atoms with Crippen molar-refractivity contribution in [3.05, 3.63) is 17.0 Å². The molecule has 0 aliphatic carbocycles. The highest BCUT2D eigenvalue weighted by atomic mass is 32.1. The summed E-state index contributed by atoms with van der Waals surface area (Å²) in [5.74, 6) is -0.242. The molecule has 6 nitrogen and oxygen atoms in total. The van der Waals surface area contributed by atoms with E-state index in [2.05, 4.69) is 22.4 Å². The Morgan fingerprint density at radius 3 is 2.79 bits per heavy atom. The molecule has 1 N–H and O–H groups in total. The number of hydrogen-bond acceptors (Lipinski definition) is 5. The lowest BCUT2D eigenvalue weighted by atomic mass is 9.94.